The zero-order valence-electron chi connectivity index (χ0n) is 7.25. The average Bonchev–Trinajstić information content (AvgIpc) is 2.73. The van der Waals surface area contributed by atoms with Gasteiger partial charge in [-0.25, -0.2) is 0 Å². The Bertz CT molecular complexity index is 250. The predicted molar refractivity (Wildman–Crippen MR) is 46.6 cm³/mol. The molecule has 3 aliphatic carbocycles. The number of Topliss-reactive ketones (excluding diaryl/α,β-unsaturated/α-hetero) is 1. The van der Waals surface area contributed by atoms with Crippen molar-refractivity contribution in [3.8, 4) is 0 Å². The van der Waals surface area contributed by atoms with Crippen molar-refractivity contribution >= 4 is 5.78 Å². The maximum Gasteiger partial charge on any atom is 0.140 e. The molecule has 0 aromatic carbocycles. The van der Waals surface area contributed by atoms with Gasteiger partial charge < -0.3 is 0 Å². The molecule has 0 aromatic heterocycles. The van der Waals surface area contributed by atoms with Crippen LogP contribution in [0.2, 0.25) is 0 Å². The molecule has 0 radical (unpaired) electrons. The van der Waals surface area contributed by atoms with Gasteiger partial charge in [-0.3, -0.25) is 4.79 Å². The summed E-state index contributed by atoms with van der Waals surface area (Å²) < 4.78 is 0. The van der Waals surface area contributed by atoms with E-state index in [-0.39, 0.29) is 5.41 Å². The largest absolute Gasteiger partial charge is 0.299 e. The van der Waals surface area contributed by atoms with Gasteiger partial charge >= 0.3 is 0 Å². The number of hydrogen-bond acceptors (Lipinski definition) is 1. The minimum absolute atomic E-state index is 0.125. The van der Waals surface area contributed by atoms with Crippen LogP contribution in [0, 0.1) is 17.3 Å². The second-order valence-electron chi connectivity index (χ2n) is 4.49. The Labute approximate surface area is 72.8 Å². The van der Waals surface area contributed by atoms with Gasteiger partial charge in [0.05, 0.1) is 0 Å². The molecule has 64 valence electrons. The number of carbonyl (C=O) groups is 1. The first-order chi connectivity index (χ1) is 5.84. The highest BCUT2D eigenvalue weighted by Gasteiger charge is 2.57. The second-order valence-corrected chi connectivity index (χ2v) is 4.49. The number of rotatable bonds is 0. The van der Waals surface area contributed by atoms with Crippen LogP contribution in [0.1, 0.15) is 32.1 Å². The summed E-state index contributed by atoms with van der Waals surface area (Å²) in [6.07, 6.45) is 10.3. The Morgan fingerprint density at radius 3 is 2.33 bits per heavy atom. The predicted octanol–water partition coefficient (Wildman–Crippen LogP) is 2.32. The maximum absolute atomic E-state index is 11.8. The number of hydrogen-bond donors (Lipinski definition) is 0. The van der Waals surface area contributed by atoms with E-state index in [0.717, 1.165) is 12.8 Å². The van der Waals surface area contributed by atoms with E-state index in [1.54, 1.807) is 0 Å². The smallest absolute Gasteiger partial charge is 0.140 e. The number of carbonyl (C=O) groups excluding carboxylic acids is 1. The highest BCUT2D eigenvalue weighted by Crippen LogP contribution is 2.60. The van der Waals surface area contributed by atoms with E-state index in [4.69, 9.17) is 0 Å². The number of allylic oxidation sites excluding steroid dienone is 2. The molecule has 12 heavy (non-hydrogen) atoms. The first kappa shape index (κ1) is 6.88. The summed E-state index contributed by atoms with van der Waals surface area (Å²) in [5.74, 6) is 1.81. The van der Waals surface area contributed by atoms with Crippen LogP contribution >= 0.6 is 0 Å². The van der Waals surface area contributed by atoms with Crippen LogP contribution in [0.4, 0.5) is 0 Å². The monoisotopic (exact) mass is 162 g/mol. The molecule has 0 amide bonds. The molecular formula is C11H14O. The molecule has 1 nitrogen and oxygen atoms in total. The van der Waals surface area contributed by atoms with Gasteiger partial charge in [-0.05, 0) is 37.5 Å². The summed E-state index contributed by atoms with van der Waals surface area (Å²) in [6, 6.07) is 0. The van der Waals surface area contributed by atoms with Crippen LogP contribution in [0.15, 0.2) is 12.2 Å². The molecule has 3 atom stereocenters. The van der Waals surface area contributed by atoms with Crippen LogP contribution in [0.3, 0.4) is 0 Å². The minimum Gasteiger partial charge on any atom is -0.299 e. The van der Waals surface area contributed by atoms with E-state index in [9.17, 15) is 4.79 Å². The van der Waals surface area contributed by atoms with Crippen molar-refractivity contribution in [3.05, 3.63) is 12.2 Å². The summed E-state index contributed by atoms with van der Waals surface area (Å²) in [6.45, 7) is 0. The third-order valence-electron chi connectivity index (χ3n) is 4.20. The standard InChI is InChI=1S/C11H14O/c12-10-2-1-7-11(10)8-3-4-9(11)6-5-8/h3-4,8-9H,1-2,5-7H2/t8-,9+,11?. The highest BCUT2D eigenvalue weighted by molar-refractivity contribution is 5.89. The molecule has 3 rings (SSSR count). The van der Waals surface area contributed by atoms with E-state index >= 15 is 0 Å². The van der Waals surface area contributed by atoms with E-state index < -0.39 is 0 Å². The molecule has 2 fully saturated rings. The lowest BCUT2D eigenvalue weighted by Crippen LogP contribution is -2.31. The lowest BCUT2D eigenvalue weighted by molar-refractivity contribution is -0.127. The average molecular weight is 162 g/mol. The van der Waals surface area contributed by atoms with E-state index in [2.05, 4.69) is 12.2 Å². The Hall–Kier alpha value is -0.590. The van der Waals surface area contributed by atoms with Gasteiger partial charge in [0, 0.05) is 11.8 Å². The molecule has 1 spiro atoms. The fraction of sp³-hybridized carbons (Fsp3) is 0.727. The SMILES string of the molecule is O=C1CCCC12[C@@H]1C=C[C@H]2CC1. The third kappa shape index (κ3) is 0.562. The molecule has 0 aliphatic heterocycles. The van der Waals surface area contributed by atoms with Gasteiger partial charge in [-0.1, -0.05) is 12.2 Å². The van der Waals surface area contributed by atoms with Crippen LogP contribution in [0.25, 0.3) is 0 Å². The van der Waals surface area contributed by atoms with Gasteiger partial charge in [-0.15, -0.1) is 0 Å². The van der Waals surface area contributed by atoms with Crippen molar-refractivity contribution in [2.75, 3.05) is 0 Å². The lowest BCUT2D eigenvalue weighted by Gasteiger charge is -2.27. The summed E-state index contributed by atoms with van der Waals surface area (Å²) in [5, 5.41) is 0. The topological polar surface area (TPSA) is 17.1 Å². The fourth-order valence-corrected chi connectivity index (χ4v) is 3.65. The van der Waals surface area contributed by atoms with Crippen molar-refractivity contribution < 1.29 is 4.79 Å². The van der Waals surface area contributed by atoms with Gasteiger partial charge in [0.1, 0.15) is 5.78 Å². The fourth-order valence-electron chi connectivity index (χ4n) is 3.65. The Kier molecular flexibility index (Phi) is 1.15. The zero-order valence-corrected chi connectivity index (χ0v) is 7.25. The molecule has 0 N–H and O–H groups in total. The van der Waals surface area contributed by atoms with E-state index in [1.165, 1.54) is 19.3 Å². The molecule has 2 bridgehead atoms. The molecule has 2 saturated carbocycles. The van der Waals surface area contributed by atoms with Gasteiger partial charge in [0.15, 0.2) is 0 Å². The zero-order chi connectivity index (χ0) is 8.18. The maximum atomic E-state index is 11.8. The molecular weight excluding hydrogens is 148 g/mol. The van der Waals surface area contributed by atoms with Crippen LogP contribution in [0.5, 0.6) is 0 Å². The van der Waals surface area contributed by atoms with Gasteiger partial charge in [0.25, 0.3) is 0 Å². The summed E-state index contributed by atoms with van der Waals surface area (Å²) >= 11 is 0. The van der Waals surface area contributed by atoms with Crippen molar-refractivity contribution in [3.63, 3.8) is 0 Å². The molecule has 0 aromatic rings. The third-order valence-corrected chi connectivity index (χ3v) is 4.20. The lowest BCUT2D eigenvalue weighted by atomic mass is 9.74. The van der Waals surface area contributed by atoms with Crippen molar-refractivity contribution in [1.82, 2.24) is 0 Å². The van der Waals surface area contributed by atoms with E-state index in [0.29, 0.717) is 17.6 Å². The molecule has 1 heteroatoms. The molecule has 0 saturated heterocycles. The first-order valence-electron chi connectivity index (χ1n) is 5.06. The molecule has 0 heterocycles. The molecule has 3 aliphatic rings. The first-order valence-corrected chi connectivity index (χ1v) is 5.06. The second kappa shape index (κ2) is 2.01. The summed E-state index contributed by atoms with van der Waals surface area (Å²) in [7, 11) is 0. The van der Waals surface area contributed by atoms with Crippen molar-refractivity contribution in [1.29, 1.82) is 0 Å². The summed E-state index contributed by atoms with van der Waals surface area (Å²) in [5.41, 5.74) is 0.125. The Balaban J connectivity index is 2.07. The van der Waals surface area contributed by atoms with Crippen molar-refractivity contribution in [2.24, 2.45) is 17.3 Å². The molecule has 1 unspecified atom stereocenters. The van der Waals surface area contributed by atoms with Crippen LogP contribution in [-0.2, 0) is 4.79 Å². The quantitative estimate of drug-likeness (QED) is 0.499. The number of ketones is 1. The minimum atomic E-state index is 0.125. The normalized spacial score (nSPS) is 49.8. The van der Waals surface area contributed by atoms with E-state index in [1.807, 2.05) is 0 Å². The summed E-state index contributed by atoms with van der Waals surface area (Å²) in [4.78, 5) is 11.8. The van der Waals surface area contributed by atoms with Crippen LogP contribution in [-0.4, -0.2) is 5.78 Å². The van der Waals surface area contributed by atoms with Crippen molar-refractivity contribution in [2.45, 2.75) is 32.1 Å². The Morgan fingerprint density at radius 2 is 1.92 bits per heavy atom. The Morgan fingerprint density at radius 1 is 1.25 bits per heavy atom. The van der Waals surface area contributed by atoms with Gasteiger partial charge in [-0.2, -0.15) is 0 Å². The highest BCUT2D eigenvalue weighted by atomic mass is 16.1. The van der Waals surface area contributed by atoms with Gasteiger partial charge in [0.2, 0.25) is 0 Å². The van der Waals surface area contributed by atoms with Crippen LogP contribution < -0.4 is 0 Å².